The molecule has 0 unspecified atom stereocenters. The van der Waals surface area contributed by atoms with Crippen LogP contribution in [0, 0.1) is 0 Å². The maximum Gasteiger partial charge on any atom is 0.268 e. The normalized spacial score (nSPS) is 12.5. The number of H-pyrrole nitrogens is 1. The van der Waals surface area contributed by atoms with Crippen LogP contribution in [0.15, 0.2) is 12.3 Å². The summed E-state index contributed by atoms with van der Waals surface area (Å²) in [5.41, 5.74) is 0.394. The predicted octanol–water partition coefficient (Wildman–Crippen LogP) is 0.779. The lowest BCUT2D eigenvalue weighted by molar-refractivity contribution is 0.0918. The van der Waals surface area contributed by atoms with Crippen molar-refractivity contribution in [2.24, 2.45) is 0 Å². The lowest BCUT2D eigenvalue weighted by atomic mass is 10.3. The molecule has 1 aromatic rings. The Bertz CT molecular complexity index is 298. The summed E-state index contributed by atoms with van der Waals surface area (Å²) in [6, 6.07) is 1.27. The second kappa shape index (κ2) is 4.30. The maximum atomic E-state index is 11.3. The number of carbonyl (C=O) groups excluding carboxylic acids is 1. The topological polar surface area (TPSA) is 65.1 Å². The van der Waals surface area contributed by atoms with Gasteiger partial charge in [0, 0.05) is 12.2 Å². The molecule has 0 spiro atoms. The molecule has 0 fully saturated rings. The minimum atomic E-state index is -0.270. The largest absolute Gasteiger partial charge is 0.394 e. The minimum Gasteiger partial charge on any atom is -0.394 e. The molecule has 1 amide bonds. The van der Waals surface area contributed by atoms with Gasteiger partial charge in [-0.05, 0) is 13.0 Å². The average molecular weight is 203 g/mol. The highest BCUT2D eigenvalue weighted by molar-refractivity contribution is 6.30. The Morgan fingerprint density at radius 1 is 1.85 bits per heavy atom. The molecule has 5 heteroatoms. The molecule has 72 valence electrons. The third-order valence-electron chi connectivity index (χ3n) is 1.54. The molecule has 1 rings (SSSR count). The maximum absolute atomic E-state index is 11.3. The lowest BCUT2D eigenvalue weighted by Gasteiger charge is -2.08. The first kappa shape index (κ1) is 10.1. The molecule has 3 N–H and O–H groups in total. The monoisotopic (exact) mass is 202 g/mol. The van der Waals surface area contributed by atoms with Crippen molar-refractivity contribution in [1.82, 2.24) is 10.3 Å². The van der Waals surface area contributed by atoms with Crippen molar-refractivity contribution in [2.45, 2.75) is 13.0 Å². The molecule has 0 radical (unpaired) electrons. The molecule has 1 atom stereocenters. The van der Waals surface area contributed by atoms with Crippen LogP contribution in [0.25, 0.3) is 0 Å². The van der Waals surface area contributed by atoms with Gasteiger partial charge in [0.25, 0.3) is 5.91 Å². The molecule has 0 aliphatic heterocycles. The van der Waals surface area contributed by atoms with Gasteiger partial charge >= 0.3 is 0 Å². The van der Waals surface area contributed by atoms with Crippen LogP contribution in [-0.4, -0.2) is 28.6 Å². The van der Waals surface area contributed by atoms with Gasteiger partial charge in [0.15, 0.2) is 0 Å². The van der Waals surface area contributed by atoms with E-state index in [-0.39, 0.29) is 18.6 Å². The highest BCUT2D eigenvalue weighted by atomic mass is 35.5. The molecule has 0 bridgehead atoms. The van der Waals surface area contributed by atoms with E-state index in [1.165, 1.54) is 12.3 Å². The average Bonchev–Trinajstić information content (AvgIpc) is 2.51. The Labute approximate surface area is 80.9 Å². The second-order valence-corrected chi connectivity index (χ2v) is 3.23. The quantitative estimate of drug-likeness (QED) is 0.678. The van der Waals surface area contributed by atoms with Crippen LogP contribution in [0.1, 0.15) is 17.4 Å². The van der Waals surface area contributed by atoms with Crippen LogP contribution in [0.3, 0.4) is 0 Å². The summed E-state index contributed by atoms with van der Waals surface area (Å²) in [5.74, 6) is -0.270. The van der Waals surface area contributed by atoms with E-state index in [4.69, 9.17) is 16.7 Å². The van der Waals surface area contributed by atoms with Gasteiger partial charge in [-0.3, -0.25) is 4.79 Å². The van der Waals surface area contributed by atoms with Crippen LogP contribution in [0.5, 0.6) is 0 Å². The molecule has 0 aliphatic rings. The number of nitrogens with one attached hydrogen (secondary N) is 2. The Kier molecular flexibility index (Phi) is 3.33. The van der Waals surface area contributed by atoms with Gasteiger partial charge in [0.2, 0.25) is 0 Å². The van der Waals surface area contributed by atoms with E-state index in [0.29, 0.717) is 10.7 Å². The van der Waals surface area contributed by atoms with Crippen molar-refractivity contribution in [3.63, 3.8) is 0 Å². The van der Waals surface area contributed by atoms with E-state index in [2.05, 4.69) is 10.3 Å². The summed E-state index contributed by atoms with van der Waals surface area (Å²) in [4.78, 5) is 14.0. The number of amides is 1. The third kappa shape index (κ3) is 2.75. The summed E-state index contributed by atoms with van der Waals surface area (Å²) in [7, 11) is 0. The first-order valence-corrected chi connectivity index (χ1v) is 4.27. The first-order valence-electron chi connectivity index (χ1n) is 3.89. The number of halogens is 1. The predicted molar refractivity (Wildman–Crippen MR) is 49.8 cm³/mol. The Hall–Kier alpha value is -1.00. The van der Waals surface area contributed by atoms with E-state index >= 15 is 0 Å². The van der Waals surface area contributed by atoms with Gasteiger partial charge in [-0.25, -0.2) is 0 Å². The number of aromatic nitrogens is 1. The van der Waals surface area contributed by atoms with Crippen LogP contribution in [-0.2, 0) is 0 Å². The summed E-state index contributed by atoms with van der Waals surface area (Å²) in [5, 5.41) is 11.8. The van der Waals surface area contributed by atoms with Gasteiger partial charge in [-0.2, -0.15) is 0 Å². The van der Waals surface area contributed by atoms with Crippen molar-refractivity contribution in [1.29, 1.82) is 0 Å². The second-order valence-electron chi connectivity index (χ2n) is 2.79. The number of carbonyl (C=O) groups is 1. The van der Waals surface area contributed by atoms with Crippen molar-refractivity contribution in [3.05, 3.63) is 23.0 Å². The SMILES string of the molecule is C[C@H](CO)NC(=O)c1cc(Cl)c[nH]1. The summed E-state index contributed by atoms with van der Waals surface area (Å²) in [6.45, 7) is 1.63. The van der Waals surface area contributed by atoms with E-state index in [0.717, 1.165) is 0 Å². The smallest absolute Gasteiger partial charge is 0.268 e. The number of aromatic amines is 1. The van der Waals surface area contributed by atoms with Gasteiger partial charge in [-0.1, -0.05) is 11.6 Å². The zero-order valence-electron chi connectivity index (χ0n) is 7.17. The minimum absolute atomic E-state index is 0.0832. The fourth-order valence-corrected chi connectivity index (χ4v) is 1.01. The Balaban J connectivity index is 2.58. The zero-order valence-corrected chi connectivity index (χ0v) is 7.93. The molecule has 0 aromatic carbocycles. The number of hydrogen-bond donors (Lipinski definition) is 3. The highest BCUT2D eigenvalue weighted by Gasteiger charge is 2.10. The number of rotatable bonds is 3. The molecular weight excluding hydrogens is 192 g/mol. The highest BCUT2D eigenvalue weighted by Crippen LogP contribution is 2.09. The Morgan fingerprint density at radius 2 is 2.54 bits per heavy atom. The molecule has 1 heterocycles. The van der Waals surface area contributed by atoms with Crippen LogP contribution < -0.4 is 5.32 Å². The van der Waals surface area contributed by atoms with Crippen LogP contribution in [0.4, 0.5) is 0 Å². The van der Waals surface area contributed by atoms with Crippen LogP contribution in [0.2, 0.25) is 5.02 Å². The lowest BCUT2D eigenvalue weighted by Crippen LogP contribution is -2.35. The van der Waals surface area contributed by atoms with E-state index < -0.39 is 0 Å². The van der Waals surface area contributed by atoms with Crippen molar-refractivity contribution >= 4 is 17.5 Å². The summed E-state index contributed by atoms with van der Waals surface area (Å²) < 4.78 is 0. The standard InChI is InChI=1S/C8H11ClN2O2/c1-5(4-12)11-8(13)7-2-6(9)3-10-7/h2-3,5,10,12H,4H2,1H3,(H,11,13)/t5-/m1/s1. The van der Waals surface area contributed by atoms with E-state index in [1.807, 2.05) is 0 Å². The summed E-state index contributed by atoms with van der Waals surface area (Å²) >= 11 is 5.61. The van der Waals surface area contributed by atoms with E-state index in [1.54, 1.807) is 6.92 Å². The molecule has 0 saturated heterocycles. The van der Waals surface area contributed by atoms with Gasteiger partial charge in [-0.15, -0.1) is 0 Å². The van der Waals surface area contributed by atoms with Gasteiger partial charge < -0.3 is 15.4 Å². The fraction of sp³-hybridized carbons (Fsp3) is 0.375. The number of aliphatic hydroxyl groups is 1. The molecule has 1 aromatic heterocycles. The molecule has 0 aliphatic carbocycles. The fourth-order valence-electron chi connectivity index (χ4n) is 0.846. The summed E-state index contributed by atoms with van der Waals surface area (Å²) in [6.07, 6.45) is 1.53. The van der Waals surface area contributed by atoms with Crippen molar-refractivity contribution in [2.75, 3.05) is 6.61 Å². The van der Waals surface area contributed by atoms with Crippen molar-refractivity contribution < 1.29 is 9.90 Å². The van der Waals surface area contributed by atoms with Crippen molar-refractivity contribution in [3.8, 4) is 0 Å². The number of hydrogen-bond acceptors (Lipinski definition) is 2. The number of aliphatic hydroxyl groups excluding tert-OH is 1. The van der Waals surface area contributed by atoms with Gasteiger partial charge in [0.05, 0.1) is 11.6 Å². The molecule has 4 nitrogen and oxygen atoms in total. The molecule has 0 saturated carbocycles. The Morgan fingerprint density at radius 3 is 3.00 bits per heavy atom. The first-order chi connectivity index (χ1) is 6.13. The van der Waals surface area contributed by atoms with E-state index in [9.17, 15) is 4.79 Å². The third-order valence-corrected chi connectivity index (χ3v) is 1.76. The molecule has 13 heavy (non-hydrogen) atoms. The van der Waals surface area contributed by atoms with Gasteiger partial charge in [0.1, 0.15) is 5.69 Å². The molecular formula is C8H11ClN2O2. The zero-order chi connectivity index (χ0) is 9.84. The van der Waals surface area contributed by atoms with Crippen LogP contribution >= 0.6 is 11.6 Å².